The number of halogens is 2. The van der Waals surface area contributed by atoms with E-state index in [1.807, 2.05) is 5.38 Å². The minimum absolute atomic E-state index is 0.150. The summed E-state index contributed by atoms with van der Waals surface area (Å²) in [6.45, 7) is 1.10. The smallest absolute Gasteiger partial charge is 0.185 e. The lowest BCUT2D eigenvalue weighted by Crippen LogP contribution is -2.39. The molecule has 6 nitrogen and oxygen atoms in total. The first-order chi connectivity index (χ1) is 15.3. The van der Waals surface area contributed by atoms with Crippen LogP contribution in [-0.2, 0) is 9.84 Å². The van der Waals surface area contributed by atoms with Crippen LogP contribution in [0, 0.1) is 5.82 Å². The van der Waals surface area contributed by atoms with Gasteiger partial charge in [-0.05, 0) is 43.2 Å². The SMILES string of the molecule is COc1ccc(OC)c(S(=O)(=O)C2CCN(c3nc(-c4cc(F)cc(Cl)c4)cs3)CC2)c1. The maximum Gasteiger partial charge on any atom is 0.185 e. The lowest BCUT2D eigenvalue weighted by atomic mass is 10.1. The number of sulfone groups is 1. The van der Waals surface area contributed by atoms with E-state index in [9.17, 15) is 12.8 Å². The molecule has 2 aromatic carbocycles. The highest BCUT2D eigenvalue weighted by Crippen LogP contribution is 2.36. The zero-order chi connectivity index (χ0) is 22.9. The monoisotopic (exact) mass is 496 g/mol. The quantitative estimate of drug-likeness (QED) is 0.475. The second-order valence-corrected chi connectivity index (χ2v) is 10.9. The molecule has 0 spiro atoms. The number of benzene rings is 2. The molecule has 1 aliphatic heterocycles. The molecular weight excluding hydrogens is 475 g/mol. The Morgan fingerprint density at radius 2 is 1.88 bits per heavy atom. The van der Waals surface area contributed by atoms with E-state index >= 15 is 0 Å². The van der Waals surface area contributed by atoms with Crippen molar-refractivity contribution in [1.82, 2.24) is 4.98 Å². The summed E-state index contributed by atoms with van der Waals surface area (Å²) < 4.78 is 50.8. The summed E-state index contributed by atoms with van der Waals surface area (Å²) in [7, 11) is -0.645. The molecule has 0 atom stereocenters. The lowest BCUT2D eigenvalue weighted by Gasteiger charge is -2.31. The third-order valence-electron chi connectivity index (χ3n) is 5.48. The molecule has 10 heteroatoms. The molecule has 0 radical (unpaired) electrons. The summed E-state index contributed by atoms with van der Waals surface area (Å²) >= 11 is 7.40. The molecule has 3 aromatic rings. The first kappa shape index (κ1) is 22.8. The van der Waals surface area contributed by atoms with Crippen molar-refractivity contribution in [3.05, 3.63) is 52.6 Å². The average molecular weight is 497 g/mol. The summed E-state index contributed by atoms with van der Waals surface area (Å²) in [5, 5.41) is 2.41. The number of aromatic nitrogens is 1. The van der Waals surface area contributed by atoms with Gasteiger partial charge in [-0.3, -0.25) is 0 Å². The minimum Gasteiger partial charge on any atom is -0.497 e. The molecule has 2 heterocycles. The van der Waals surface area contributed by atoms with Crippen LogP contribution in [0.25, 0.3) is 11.3 Å². The maximum absolute atomic E-state index is 13.7. The summed E-state index contributed by atoms with van der Waals surface area (Å²) in [5.41, 5.74) is 1.25. The molecule has 1 fully saturated rings. The number of methoxy groups -OCH3 is 2. The second-order valence-electron chi connectivity index (χ2n) is 7.42. The third kappa shape index (κ3) is 4.55. The van der Waals surface area contributed by atoms with Gasteiger partial charge in [0.2, 0.25) is 0 Å². The van der Waals surface area contributed by atoms with Crippen LogP contribution in [-0.4, -0.2) is 46.0 Å². The van der Waals surface area contributed by atoms with Crippen LogP contribution in [0.1, 0.15) is 12.8 Å². The van der Waals surface area contributed by atoms with Gasteiger partial charge in [-0.15, -0.1) is 11.3 Å². The van der Waals surface area contributed by atoms with Crippen molar-refractivity contribution >= 4 is 37.9 Å². The van der Waals surface area contributed by atoms with Crippen molar-refractivity contribution in [2.24, 2.45) is 0 Å². The number of ether oxygens (including phenoxy) is 2. The van der Waals surface area contributed by atoms with Crippen LogP contribution < -0.4 is 14.4 Å². The summed E-state index contributed by atoms with van der Waals surface area (Å²) in [4.78, 5) is 6.82. The predicted octanol–water partition coefficient (Wildman–Crippen LogP) is 5.06. The van der Waals surface area contributed by atoms with Crippen molar-refractivity contribution in [3.63, 3.8) is 0 Å². The number of rotatable bonds is 6. The molecule has 0 N–H and O–H groups in total. The normalized spacial score (nSPS) is 15.1. The molecular formula is C22H22ClFN2O4S2. The van der Waals surface area contributed by atoms with Crippen molar-refractivity contribution in [2.75, 3.05) is 32.2 Å². The van der Waals surface area contributed by atoms with Crippen molar-refractivity contribution in [1.29, 1.82) is 0 Å². The van der Waals surface area contributed by atoms with Crippen LogP contribution in [0.4, 0.5) is 9.52 Å². The van der Waals surface area contributed by atoms with E-state index in [2.05, 4.69) is 9.88 Å². The molecule has 0 unspecified atom stereocenters. The Hall–Kier alpha value is -2.36. The zero-order valence-electron chi connectivity index (χ0n) is 17.5. The average Bonchev–Trinajstić information content (AvgIpc) is 3.28. The van der Waals surface area contributed by atoms with E-state index in [0.29, 0.717) is 53.7 Å². The maximum atomic E-state index is 13.7. The lowest BCUT2D eigenvalue weighted by molar-refractivity contribution is 0.391. The fourth-order valence-electron chi connectivity index (χ4n) is 3.79. The van der Waals surface area contributed by atoms with E-state index in [0.717, 1.165) is 5.13 Å². The van der Waals surface area contributed by atoms with Crippen LogP contribution in [0.3, 0.4) is 0 Å². The topological polar surface area (TPSA) is 68.7 Å². The number of piperidine rings is 1. The number of anilines is 1. The highest BCUT2D eigenvalue weighted by Gasteiger charge is 2.34. The van der Waals surface area contributed by atoms with E-state index in [1.165, 1.54) is 43.8 Å². The number of nitrogens with zero attached hydrogens (tertiary/aromatic N) is 2. The van der Waals surface area contributed by atoms with Gasteiger partial charge in [0, 0.05) is 35.1 Å². The van der Waals surface area contributed by atoms with Gasteiger partial charge >= 0.3 is 0 Å². The first-order valence-electron chi connectivity index (χ1n) is 9.94. The predicted molar refractivity (Wildman–Crippen MR) is 124 cm³/mol. The fourth-order valence-corrected chi connectivity index (χ4v) is 6.80. The highest BCUT2D eigenvalue weighted by atomic mass is 35.5. The second kappa shape index (κ2) is 9.25. The molecule has 32 heavy (non-hydrogen) atoms. The Morgan fingerprint density at radius 3 is 2.53 bits per heavy atom. The summed E-state index contributed by atoms with van der Waals surface area (Å²) in [6, 6.07) is 9.11. The van der Waals surface area contributed by atoms with E-state index in [1.54, 1.807) is 18.2 Å². The standard InChI is InChI=1S/C22H22ClFN2O4S2/c1-29-17-3-4-20(30-2)21(12-17)32(27,28)18-5-7-26(8-6-18)22-25-19(13-31-22)14-9-15(23)11-16(24)10-14/h3-4,9-13,18H,5-8H2,1-2H3. The summed E-state index contributed by atoms with van der Waals surface area (Å²) in [6.07, 6.45) is 0.923. The number of hydrogen-bond acceptors (Lipinski definition) is 7. The Bertz CT molecular complexity index is 1200. The van der Waals surface area contributed by atoms with Crippen LogP contribution in [0.5, 0.6) is 11.5 Å². The molecule has 0 aliphatic carbocycles. The van der Waals surface area contributed by atoms with Crippen molar-refractivity contribution < 1.29 is 22.3 Å². The van der Waals surface area contributed by atoms with E-state index in [4.69, 9.17) is 21.1 Å². The zero-order valence-corrected chi connectivity index (χ0v) is 19.9. The van der Waals surface area contributed by atoms with Gasteiger partial charge in [0.25, 0.3) is 0 Å². The van der Waals surface area contributed by atoms with Gasteiger partial charge < -0.3 is 14.4 Å². The Balaban J connectivity index is 1.50. The molecule has 4 rings (SSSR count). The molecule has 1 saturated heterocycles. The Morgan fingerprint density at radius 1 is 1.12 bits per heavy atom. The molecule has 1 aliphatic rings. The van der Waals surface area contributed by atoms with Crippen LogP contribution >= 0.6 is 22.9 Å². The largest absolute Gasteiger partial charge is 0.497 e. The molecule has 170 valence electrons. The fraction of sp³-hybridized carbons (Fsp3) is 0.318. The van der Waals surface area contributed by atoms with Gasteiger partial charge in [0.05, 0.1) is 25.2 Å². The van der Waals surface area contributed by atoms with Gasteiger partial charge in [-0.1, -0.05) is 11.6 Å². The van der Waals surface area contributed by atoms with Gasteiger partial charge in [0.1, 0.15) is 22.2 Å². The summed E-state index contributed by atoms with van der Waals surface area (Å²) in [5.74, 6) is 0.363. The highest BCUT2D eigenvalue weighted by molar-refractivity contribution is 7.92. The molecule has 0 amide bonds. The van der Waals surface area contributed by atoms with E-state index < -0.39 is 20.9 Å². The van der Waals surface area contributed by atoms with Crippen LogP contribution in [0.2, 0.25) is 5.02 Å². The number of thiazole rings is 1. The van der Waals surface area contributed by atoms with Crippen molar-refractivity contribution in [3.8, 4) is 22.8 Å². The minimum atomic E-state index is -3.60. The van der Waals surface area contributed by atoms with Gasteiger partial charge in [-0.2, -0.15) is 0 Å². The molecule has 1 aromatic heterocycles. The third-order valence-corrected chi connectivity index (χ3v) is 8.88. The molecule has 0 bridgehead atoms. The number of hydrogen-bond donors (Lipinski definition) is 0. The Kier molecular flexibility index (Phi) is 6.60. The van der Waals surface area contributed by atoms with E-state index in [-0.39, 0.29) is 4.90 Å². The first-order valence-corrected chi connectivity index (χ1v) is 12.7. The van der Waals surface area contributed by atoms with Gasteiger partial charge in [-0.25, -0.2) is 17.8 Å². The van der Waals surface area contributed by atoms with Gasteiger partial charge in [0.15, 0.2) is 15.0 Å². The Labute approximate surface area is 195 Å². The van der Waals surface area contributed by atoms with Crippen LogP contribution in [0.15, 0.2) is 46.7 Å². The van der Waals surface area contributed by atoms with Crippen molar-refractivity contribution in [2.45, 2.75) is 23.0 Å². The molecule has 0 saturated carbocycles.